The Hall–Kier alpha value is -3.20. The minimum absolute atomic E-state index is 0.0268. The van der Waals surface area contributed by atoms with E-state index in [4.69, 9.17) is 0 Å². The molecule has 2 aliphatic heterocycles. The van der Waals surface area contributed by atoms with Crippen molar-refractivity contribution in [3.63, 3.8) is 0 Å². The molecular formula is C20H21N5O3S. The van der Waals surface area contributed by atoms with Gasteiger partial charge in [-0.25, -0.2) is 9.79 Å². The third-order valence-corrected chi connectivity index (χ3v) is 6.11. The summed E-state index contributed by atoms with van der Waals surface area (Å²) in [4.78, 5) is 47.0. The molecule has 3 heterocycles. The quantitative estimate of drug-likeness (QED) is 0.808. The van der Waals surface area contributed by atoms with Gasteiger partial charge in [0.05, 0.1) is 18.9 Å². The highest BCUT2D eigenvalue weighted by molar-refractivity contribution is 7.10. The van der Waals surface area contributed by atoms with Crippen LogP contribution in [0.25, 0.3) is 0 Å². The number of benzene rings is 1. The lowest BCUT2D eigenvalue weighted by Gasteiger charge is -2.39. The number of aliphatic imine (C=N–C) groups is 1. The number of carbonyl (C=O) groups excluding carboxylic acids is 3. The summed E-state index contributed by atoms with van der Waals surface area (Å²) in [6.07, 6.45) is 0.875. The molecule has 0 radical (unpaired) electrons. The monoisotopic (exact) mass is 411 g/mol. The summed E-state index contributed by atoms with van der Waals surface area (Å²) in [7, 11) is 3.04. The largest absolute Gasteiger partial charge is 0.343 e. The van der Waals surface area contributed by atoms with Crippen molar-refractivity contribution in [1.29, 1.82) is 0 Å². The maximum atomic E-state index is 12.9. The Morgan fingerprint density at radius 1 is 1.17 bits per heavy atom. The highest BCUT2D eigenvalue weighted by Gasteiger charge is 2.48. The average Bonchev–Trinajstić information content (AvgIpc) is 3.40. The molecule has 8 nitrogen and oxygen atoms in total. The molecule has 1 saturated heterocycles. The summed E-state index contributed by atoms with van der Waals surface area (Å²) in [5.41, 5.74) is 0.982. The highest BCUT2D eigenvalue weighted by Crippen LogP contribution is 2.27. The van der Waals surface area contributed by atoms with Gasteiger partial charge in [-0.3, -0.25) is 14.5 Å². The predicted octanol–water partition coefficient (Wildman–Crippen LogP) is 1.52. The first-order valence-electron chi connectivity index (χ1n) is 9.18. The number of amides is 4. The summed E-state index contributed by atoms with van der Waals surface area (Å²) < 4.78 is 0. The van der Waals surface area contributed by atoms with Crippen molar-refractivity contribution in [3.8, 4) is 0 Å². The van der Waals surface area contributed by atoms with Crippen LogP contribution in [0, 0.1) is 0 Å². The van der Waals surface area contributed by atoms with E-state index in [1.807, 2.05) is 47.8 Å². The Bertz CT molecular complexity index is 946. The summed E-state index contributed by atoms with van der Waals surface area (Å²) in [5, 5.41) is 5.04. The number of likely N-dealkylation sites (N-methyl/N-ethyl adjacent to an activating group) is 2. The number of nitrogens with one attached hydrogen (secondary N) is 1. The van der Waals surface area contributed by atoms with Crippen LogP contribution in [-0.4, -0.2) is 71.7 Å². The predicted molar refractivity (Wildman–Crippen MR) is 109 cm³/mol. The van der Waals surface area contributed by atoms with Gasteiger partial charge in [0.25, 0.3) is 5.91 Å². The Morgan fingerprint density at radius 3 is 2.62 bits per heavy atom. The summed E-state index contributed by atoms with van der Waals surface area (Å²) in [6, 6.07) is 12.3. The summed E-state index contributed by atoms with van der Waals surface area (Å²) in [6.45, 7) is -0.0268. The van der Waals surface area contributed by atoms with Gasteiger partial charge in [0.15, 0.2) is 12.2 Å². The molecule has 3 atom stereocenters. The second-order valence-corrected chi connectivity index (χ2v) is 7.99. The molecule has 4 amide bonds. The first-order valence-corrected chi connectivity index (χ1v) is 10.1. The Morgan fingerprint density at radius 2 is 1.93 bits per heavy atom. The fraction of sp³-hybridized carbons (Fsp3) is 0.300. The van der Waals surface area contributed by atoms with Gasteiger partial charge < -0.3 is 15.1 Å². The number of carbonyl (C=O) groups is 3. The number of urea groups is 1. The molecule has 4 rings (SSSR count). The third-order valence-electron chi connectivity index (χ3n) is 5.17. The van der Waals surface area contributed by atoms with Crippen molar-refractivity contribution in [2.75, 3.05) is 20.6 Å². The SMILES string of the molecule is CN1C(=O)C2C(N=CN2CC(=O)NC(c2ccccc2)c2cccs2)N(C)C1=O. The Balaban J connectivity index is 1.50. The minimum Gasteiger partial charge on any atom is -0.343 e. The molecule has 0 saturated carbocycles. The zero-order valence-corrected chi connectivity index (χ0v) is 16.9. The van der Waals surface area contributed by atoms with Crippen molar-refractivity contribution in [2.24, 2.45) is 4.99 Å². The molecule has 1 fully saturated rings. The molecular weight excluding hydrogens is 390 g/mol. The molecule has 0 aliphatic carbocycles. The molecule has 1 aromatic heterocycles. The Labute approximate surface area is 172 Å². The molecule has 0 bridgehead atoms. The van der Waals surface area contributed by atoms with Crippen molar-refractivity contribution in [1.82, 2.24) is 20.0 Å². The van der Waals surface area contributed by atoms with Crippen LogP contribution in [0.15, 0.2) is 52.8 Å². The van der Waals surface area contributed by atoms with Gasteiger partial charge in [-0.2, -0.15) is 0 Å². The molecule has 3 unspecified atom stereocenters. The lowest BCUT2D eigenvalue weighted by molar-refractivity contribution is -0.136. The second-order valence-electron chi connectivity index (χ2n) is 7.01. The van der Waals surface area contributed by atoms with Gasteiger partial charge in [0.2, 0.25) is 5.91 Å². The van der Waals surface area contributed by atoms with Crippen molar-refractivity contribution in [2.45, 2.75) is 18.2 Å². The van der Waals surface area contributed by atoms with E-state index in [-0.39, 0.29) is 24.4 Å². The molecule has 2 aromatic rings. The van der Waals surface area contributed by atoms with E-state index in [0.29, 0.717) is 0 Å². The van der Waals surface area contributed by atoms with Crippen molar-refractivity contribution >= 4 is 35.5 Å². The molecule has 2 aliphatic rings. The third kappa shape index (κ3) is 3.49. The van der Waals surface area contributed by atoms with E-state index in [1.54, 1.807) is 23.3 Å². The molecule has 0 spiro atoms. The maximum Gasteiger partial charge on any atom is 0.328 e. The smallest absolute Gasteiger partial charge is 0.328 e. The van der Waals surface area contributed by atoms with Crippen LogP contribution in [0.3, 0.4) is 0 Å². The second kappa shape index (κ2) is 7.67. The first-order chi connectivity index (χ1) is 14.0. The Kier molecular flexibility index (Phi) is 5.06. The van der Waals surface area contributed by atoms with Gasteiger partial charge in [-0.05, 0) is 17.0 Å². The zero-order valence-electron chi connectivity index (χ0n) is 16.1. The van der Waals surface area contributed by atoms with Gasteiger partial charge >= 0.3 is 6.03 Å². The number of rotatable bonds is 5. The van der Waals surface area contributed by atoms with Gasteiger partial charge in [-0.1, -0.05) is 36.4 Å². The molecule has 150 valence electrons. The van der Waals surface area contributed by atoms with E-state index in [1.165, 1.54) is 18.3 Å². The highest BCUT2D eigenvalue weighted by atomic mass is 32.1. The number of hydrogen-bond acceptors (Lipinski definition) is 6. The fourth-order valence-electron chi connectivity index (χ4n) is 3.63. The van der Waals surface area contributed by atoms with Gasteiger partial charge in [0, 0.05) is 19.0 Å². The van der Waals surface area contributed by atoms with Crippen LogP contribution in [-0.2, 0) is 9.59 Å². The van der Waals surface area contributed by atoms with Crippen LogP contribution in [0.2, 0.25) is 0 Å². The summed E-state index contributed by atoms with van der Waals surface area (Å²) in [5.74, 6) is -0.587. The van der Waals surface area contributed by atoms with Crippen LogP contribution in [0.4, 0.5) is 4.79 Å². The van der Waals surface area contributed by atoms with E-state index in [0.717, 1.165) is 15.3 Å². The number of hydrogen-bond donors (Lipinski definition) is 1. The first kappa shape index (κ1) is 19.1. The molecule has 1 N–H and O–H groups in total. The maximum absolute atomic E-state index is 12.9. The summed E-state index contributed by atoms with van der Waals surface area (Å²) >= 11 is 1.57. The van der Waals surface area contributed by atoms with E-state index >= 15 is 0 Å². The molecule has 29 heavy (non-hydrogen) atoms. The van der Waals surface area contributed by atoms with Crippen molar-refractivity contribution in [3.05, 3.63) is 58.3 Å². The number of imide groups is 1. The fourth-order valence-corrected chi connectivity index (χ4v) is 4.44. The zero-order chi connectivity index (χ0) is 20.5. The van der Waals surface area contributed by atoms with Crippen LogP contribution in [0.1, 0.15) is 16.5 Å². The molecule has 9 heteroatoms. The number of fused-ring (bicyclic) bond motifs is 1. The lowest BCUT2D eigenvalue weighted by Crippen LogP contribution is -2.64. The van der Waals surface area contributed by atoms with Crippen LogP contribution < -0.4 is 5.32 Å². The van der Waals surface area contributed by atoms with Crippen LogP contribution >= 0.6 is 11.3 Å². The number of thiophene rings is 1. The van der Waals surface area contributed by atoms with Gasteiger partial charge in [-0.15, -0.1) is 11.3 Å². The average molecular weight is 411 g/mol. The van der Waals surface area contributed by atoms with Gasteiger partial charge in [0.1, 0.15) is 0 Å². The topological polar surface area (TPSA) is 85.3 Å². The van der Waals surface area contributed by atoms with E-state index in [9.17, 15) is 14.4 Å². The van der Waals surface area contributed by atoms with Crippen molar-refractivity contribution < 1.29 is 14.4 Å². The van der Waals surface area contributed by atoms with E-state index in [2.05, 4.69) is 10.3 Å². The number of nitrogens with zero attached hydrogens (tertiary/aromatic N) is 4. The van der Waals surface area contributed by atoms with Crippen LogP contribution in [0.5, 0.6) is 0 Å². The molecule has 1 aromatic carbocycles. The van der Waals surface area contributed by atoms with E-state index < -0.39 is 18.2 Å². The standard InChI is InChI=1S/C20H21N5O3S/c1-23-18-17(19(27)24(2)20(23)28)25(12-21-18)11-15(26)22-16(14-9-6-10-29-14)13-7-4-3-5-8-13/h3-10,12,16-18H,11H2,1-2H3,(H,22,26). The normalized spacial score (nSPS) is 22.1. The minimum atomic E-state index is -0.689. The lowest BCUT2D eigenvalue weighted by atomic mass is 10.1.